The first kappa shape index (κ1) is 16.1. The topological polar surface area (TPSA) is 54.7 Å². The second kappa shape index (κ2) is 9.16. The Morgan fingerprint density at radius 3 is 2.35 bits per heavy atom. The van der Waals surface area contributed by atoms with E-state index in [1.54, 1.807) is 0 Å². The Balaban J connectivity index is 0. The van der Waals surface area contributed by atoms with Crippen LogP contribution in [0, 0.1) is 0 Å². The fraction of sp³-hybridized carbons (Fsp3) is 0.615. The zero-order valence-corrected chi connectivity index (χ0v) is 12.4. The van der Waals surface area contributed by atoms with Gasteiger partial charge in [-0.05, 0) is 37.3 Å². The highest BCUT2D eigenvalue weighted by Crippen LogP contribution is 2.13. The molecular formula is C13H27N3S. The molecule has 0 spiro atoms. The summed E-state index contributed by atoms with van der Waals surface area (Å²) in [6.07, 6.45) is 4.08. The molecule has 0 saturated carbocycles. The van der Waals surface area contributed by atoms with E-state index in [1.165, 1.54) is 21.9 Å². The maximum absolute atomic E-state index is 5.59. The molecule has 0 radical (unpaired) electrons. The number of nitrogens with two attached hydrogens (primary N) is 1. The number of H-pyrrole nitrogens is 1. The maximum Gasteiger partial charge on any atom is 0.148 e. The predicted octanol–water partition coefficient (Wildman–Crippen LogP) is 4.03. The lowest BCUT2D eigenvalue weighted by molar-refractivity contribution is 0.957. The van der Waals surface area contributed by atoms with Gasteiger partial charge in [0.2, 0.25) is 0 Å². The Bertz CT molecular complexity index is 348. The van der Waals surface area contributed by atoms with Crippen molar-refractivity contribution in [1.82, 2.24) is 10.2 Å². The minimum atomic E-state index is 0. The lowest BCUT2D eigenvalue weighted by atomic mass is 10.1. The molecule has 0 saturated heterocycles. The molecule has 0 atom stereocenters. The number of nitrogens with zero attached hydrogens (tertiary/aromatic N) is 1. The van der Waals surface area contributed by atoms with Gasteiger partial charge in [0.15, 0.2) is 0 Å². The van der Waals surface area contributed by atoms with Crippen LogP contribution in [-0.4, -0.2) is 16.0 Å². The van der Waals surface area contributed by atoms with E-state index in [4.69, 9.17) is 5.73 Å². The van der Waals surface area contributed by atoms with Crippen molar-refractivity contribution in [2.75, 3.05) is 11.5 Å². The molecule has 0 aromatic carbocycles. The molecule has 100 valence electrons. The van der Waals surface area contributed by atoms with Crippen LogP contribution in [0.15, 0.2) is 11.0 Å². The van der Waals surface area contributed by atoms with E-state index in [0.717, 1.165) is 12.8 Å². The van der Waals surface area contributed by atoms with Crippen LogP contribution >= 0.6 is 11.8 Å². The highest BCUT2D eigenvalue weighted by atomic mass is 32.2. The summed E-state index contributed by atoms with van der Waals surface area (Å²) in [5, 5.41) is 6.81. The molecule has 3 N–H and O–H groups in total. The van der Waals surface area contributed by atoms with Crippen LogP contribution in [0.2, 0.25) is 0 Å². The summed E-state index contributed by atoms with van der Waals surface area (Å²) in [6.45, 7) is 10.5. The summed E-state index contributed by atoms with van der Waals surface area (Å²) >= 11 is 1.89. The number of nitrogens with one attached hydrogen (secondary N) is 1. The Morgan fingerprint density at radius 2 is 2.06 bits per heavy atom. The van der Waals surface area contributed by atoms with Gasteiger partial charge in [-0.3, -0.25) is 5.10 Å². The van der Waals surface area contributed by atoms with Crippen molar-refractivity contribution in [1.29, 1.82) is 0 Å². The van der Waals surface area contributed by atoms with Gasteiger partial charge in [0.1, 0.15) is 5.82 Å². The summed E-state index contributed by atoms with van der Waals surface area (Å²) < 4.78 is 0. The number of rotatable bonds is 4. The lowest BCUT2D eigenvalue weighted by Gasteiger charge is -1.94. The Morgan fingerprint density at radius 1 is 1.41 bits per heavy atom. The molecule has 4 heteroatoms. The number of aromatic nitrogens is 2. The Labute approximate surface area is 111 Å². The summed E-state index contributed by atoms with van der Waals surface area (Å²) in [4.78, 5) is 1.42. The predicted molar refractivity (Wildman–Crippen MR) is 81.4 cm³/mol. The second-order valence-corrected chi connectivity index (χ2v) is 5.12. The van der Waals surface area contributed by atoms with Crippen molar-refractivity contribution < 1.29 is 1.43 Å². The van der Waals surface area contributed by atoms with Crippen molar-refractivity contribution in [2.45, 2.75) is 47.5 Å². The fourth-order valence-electron chi connectivity index (χ4n) is 1.42. The molecular weight excluding hydrogens is 230 g/mol. The van der Waals surface area contributed by atoms with Gasteiger partial charge < -0.3 is 5.73 Å². The molecule has 1 aromatic rings. The number of anilines is 1. The summed E-state index contributed by atoms with van der Waals surface area (Å²) in [5.74, 6) is 1.84. The Kier molecular flexibility index (Phi) is 8.68. The van der Waals surface area contributed by atoms with E-state index < -0.39 is 0 Å². The number of hydrogen-bond acceptors (Lipinski definition) is 3. The summed E-state index contributed by atoms with van der Waals surface area (Å²) in [6, 6.07) is 0. The standard InChI is InChI=1S/C7H13N3.C6H12S.H2/c1-3-5-6(4-2)9-10-7(5)8;1-4-6(3)7-5-2;/h3-4H2,1-2H3,(H3,8,9,10);4H,5H2,1-3H3;1H/b;6-4-;. The van der Waals surface area contributed by atoms with Crippen LogP contribution in [0.25, 0.3) is 0 Å². The van der Waals surface area contributed by atoms with Gasteiger partial charge in [-0.2, -0.15) is 5.10 Å². The molecule has 17 heavy (non-hydrogen) atoms. The molecule has 0 unspecified atom stereocenters. The molecule has 1 aromatic heterocycles. The number of nitrogen functional groups attached to an aromatic ring is 1. The third-order valence-electron chi connectivity index (χ3n) is 2.47. The van der Waals surface area contributed by atoms with Crippen molar-refractivity contribution in [3.63, 3.8) is 0 Å². The van der Waals surface area contributed by atoms with Gasteiger partial charge in [0, 0.05) is 12.7 Å². The van der Waals surface area contributed by atoms with Gasteiger partial charge in [-0.25, -0.2) is 0 Å². The first-order valence-corrected chi connectivity index (χ1v) is 7.16. The second-order valence-electron chi connectivity index (χ2n) is 3.61. The highest BCUT2D eigenvalue weighted by molar-refractivity contribution is 8.03. The summed E-state index contributed by atoms with van der Waals surface area (Å²) in [7, 11) is 0. The van der Waals surface area contributed by atoms with Crippen molar-refractivity contribution in [3.8, 4) is 0 Å². The molecule has 1 heterocycles. The molecule has 0 aliphatic heterocycles. The third-order valence-corrected chi connectivity index (χ3v) is 3.45. The molecule has 3 nitrogen and oxygen atoms in total. The molecule has 0 aliphatic carbocycles. The molecule has 1 rings (SSSR count). The normalized spacial score (nSPS) is 11.0. The van der Waals surface area contributed by atoms with Crippen molar-refractivity contribution in [2.24, 2.45) is 0 Å². The van der Waals surface area contributed by atoms with Gasteiger partial charge in [-0.15, -0.1) is 11.8 Å². The van der Waals surface area contributed by atoms with Gasteiger partial charge in [0.25, 0.3) is 0 Å². The van der Waals surface area contributed by atoms with Crippen LogP contribution in [0.5, 0.6) is 0 Å². The van der Waals surface area contributed by atoms with Crippen LogP contribution in [0.4, 0.5) is 5.82 Å². The SMILES string of the molecule is C/C=C(/C)SCC.CCc1[nH]nc(N)c1CC.[HH]. The van der Waals surface area contributed by atoms with E-state index in [1.807, 2.05) is 11.8 Å². The van der Waals surface area contributed by atoms with E-state index >= 15 is 0 Å². The van der Waals surface area contributed by atoms with E-state index in [9.17, 15) is 0 Å². The van der Waals surface area contributed by atoms with E-state index in [0.29, 0.717) is 5.82 Å². The van der Waals surface area contributed by atoms with E-state index in [2.05, 4.69) is 50.9 Å². The summed E-state index contributed by atoms with van der Waals surface area (Å²) in [5.41, 5.74) is 7.92. The number of aryl methyl sites for hydroxylation is 1. The minimum absolute atomic E-state index is 0. The third kappa shape index (κ3) is 5.82. The average molecular weight is 257 g/mol. The van der Waals surface area contributed by atoms with Gasteiger partial charge in [0.05, 0.1) is 0 Å². The average Bonchev–Trinajstić information content (AvgIpc) is 2.70. The van der Waals surface area contributed by atoms with Gasteiger partial charge in [-0.1, -0.05) is 26.8 Å². The van der Waals surface area contributed by atoms with Crippen LogP contribution in [-0.2, 0) is 12.8 Å². The van der Waals surface area contributed by atoms with Gasteiger partial charge >= 0.3 is 0 Å². The Hall–Kier alpha value is -0.900. The monoisotopic (exact) mass is 257 g/mol. The van der Waals surface area contributed by atoms with Crippen LogP contribution in [0.3, 0.4) is 0 Å². The quantitative estimate of drug-likeness (QED) is 0.856. The number of aromatic amines is 1. The maximum atomic E-state index is 5.59. The molecule has 0 fully saturated rings. The lowest BCUT2D eigenvalue weighted by Crippen LogP contribution is -1.91. The zero-order valence-electron chi connectivity index (χ0n) is 11.6. The number of hydrogen-bond donors (Lipinski definition) is 2. The molecule has 0 bridgehead atoms. The zero-order chi connectivity index (χ0) is 13.3. The molecule has 0 aliphatic rings. The fourth-order valence-corrected chi connectivity index (χ4v) is 2.04. The van der Waals surface area contributed by atoms with Crippen molar-refractivity contribution in [3.05, 3.63) is 22.2 Å². The smallest absolute Gasteiger partial charge is 0.148 e. The highest BCUT2D eigenvalue weighted by Gasteiger charge is 2.04. The van der Waals surface area contributed by atoms with Crippen molar-refractivity contribution >= 4 is 17.6 Å². The van der Waals surface area contributed by atoms with Crippen LogP contribution < -0.4 is 5.73 Å². The first-order chi connectivity index (χ1) is 8.10. The largest absolute Gasteiger partial charge is 0.382 e. The minimum Gasteiger partial charge on any atom is -0.382 e. The number of allylic oxidation sites excluding steroid dienone is 2. The van der Waals surface area contributed by atoms with E-state index in [-0.39, 0.29) is 1.43 Å². The number of thioether (sulfide) groups is 1. The van der Waals surface area contributed by atoms with Crippen LogP contribution in [0.1, 0.15) is 47.3 Å². The molecule has 0 amide bonds. The first-order valence-electron chi connectivity index (χ1n) is 6.17.